The van der Waals surface area contributed by atoms with Crippen molar-refractivity contribution in [3.05, 3.63) is 23.8 Å². The number of aliphatic hydroxyl groups is 1. The average molecular weight is 283 g/mol. The Hall–Kier alpha value is -1.79. The van der Waals surface area contributed by atoms with Crippen molar-refractivity contribution in [2.24, 2.45) is 0 Å². The number of hydrogen-bond acceptors (Lipinski definition) is 5. The smallest absolute Gasteiger partial charge is 0.257 e. The number of amides is 1. The third-order valence-electron chi connectivity index (χ3n) is 2.65. The van der Waals surface area contributed by atoms with E-state index in [0.717, 1.165) is 6.42 Å². The summed E-state index contributed by atoms with van der Waals surface area (Å²) in [5, 5.41) is 11.9. The molecule has 0 bridgehead atoms. The first-order valence-corrected chi connectivity index (χ1v) is 6.37. The molecule has 0 spiro atoms. The molecule has 0 aliphatic carbocycles. The monoisotopic (exact) mass is 283 g/mol. The molecule has 20 heavy (non-hydrogen) atoms. The van der Waals surface area contributed by atoms with Crippen molar-refractivity contribution >= 4 is 5.91 Å². The van der Waals surface area contributed by atoms with E-state index in [0.29, 0.717) is 30.2 Å². The van der Waals surface area contributed by atoms with Crippen molar-refractivity contribution in [2.45, 2.75) is 13.0 Å². The van der Waals surface area contributed by atoms with Gasteiger partial charge in [-0.15, -0.1) is 0 Å². The van der Waals surface area contributed by atoms with Crippen molar-refractivity contribution in [2.75, 3.05) is 34.0 Å². The quantitative estimate of drug-likeness (QED) is 0.653. The van der Waals surface area contributed by atoms with Crippen molar-refractivity contribution in [1.82, 2.24) is 5.32 Å². The van der Waals surface area contributed by atoms with Crippen LogP contribution in [0.3, 0.4) is 0 Å². The van der Waals surface area contributed by atoms with E-state index >= 15 is 0 Å². The van der Waals surface area contributed by atoms with Gasteiger partial charge in [0.1, 0.15) is 11.5 Å². The van der Waals surface area contributed by atoms with E-state index in [1.165, 1.54) is 0 Å². The number of carbonyl (C=O) groups is 1. The molecule has 0 fully saturated rings. The second-order valence-electron chi connectivity index (χ2n) is 4.12. The molecule has 1 aromatic carbocycles. The van der Waals surface area contributed by atoms with Crippen LogP contribution in [0.25, 0.3) is 0 Å². The summed E-state index contributed by atoms with van der Waals surface area (Å²) in [5.41, 5.74) is 0.609. The number of methoxy groups -OCH3 is 2. The minimum absolute atomic E-state index is 0.104. The highest BCUT2D eigenvalue weighted by Gasteiger charge is 2.08. The first-order chi connectivity index (χ1) is 9.71. The van der Waals surface area contributed by atoms with Crippen LogP contribution in [0.1, 0.15) is 12.0 Å². The number of benzene rings is 1. The Morgan fingerprint density at radius 1 is 1.35 bits per heavy atom. The molecule has 1 rings (SSSR count). The zero-order valence-electron chi connectivity index (χ0n) is 11.8. The van der Waals surface area contributed by atoms with Crippen LogP contribution in [0.5, 0.6) is 11.5 Å². The Kier molecular flexibility index (Phi) is 7.46. The lowest BCUT2D eigenvalue weighted by molar-refractivity contribution is -0.123. The van der Waals surface area contributed by atoms with Gasteiger partial charge >= 0.3 is 0 Å². The van der Waals surface area contributed by atoms with Crippen LogP contribution in [0.2, 0.25) is 0 Å². The lowest BCUT2D eigenvalue weighted by atomic mass is 10.2. The molecule has 1 aromatic rings. The zero-order chi connectivity index (χ0) is 14.8. The number of nitrogens with one attached hydrogen (secondary N) is 1. The van der Waals surface area contributed by atoms with Gasteiger partial charge in [-0.25, -0.2) is 0 Å². The molecule has 1 amide bonds. The molecule has 0 atom stereocenters. The van der Waals surface area contributed by atoms with Crippen molar-refractivity contribution in [3.63, 3.8) is 0 Å². The predicted molar refractivity (Wildman–Crippen MR) is 73.9 cm³/mol. The molecule has 2 N–H and O–H groups in total. The maximum Gasteiger partial charge on any atom is 0.257 e. The molecular weight excluding hydrogens is 262 g/mol. The highest BCUT2D eigenvalue weighted by Crippen LogP contribution is 2.24. The molecule has 6 heteroatoms. The fourth-order valence-electron chi connectivity index (χ4n) is 1.57. The lowest BCUT2D eigenvalue weighted by Crippen LogP contribution is -2.30. The van der Waals surface area contributed by atoms with Crippen molar-refractivity contribution in [1.29, 1.82) is 0 Å². The van der Waals surface area contributed by atoms with Gasteiger partial charge in [0.05, 0.1) is 13.7 Å². The summed E-state index contributed by atoms with van der Waals surface area (Å²) in [6, 6.07) is 5.07. The van der Waals surface area contributed by atoms with Gasteiger partial charge in [0.15, 0.2) is 6.61 Å². The number of rotatable bonds is 9. The number of aliphatic hydroxyl groups excluding tert-OH is 1. The fourth-order valence-corrected chi connectivity index (χ4v) is 1.57. The van der Waals surface area contributed by atoms with Gasteiger partial charge in [0, 0.05) is 31.9 Å². The van der Waals surface area contributed by atoms with Crippen molar-refractivity contribution < 1.29 is 24.1 Å². The first-order valence-electron chi connectivity index (χ1n) is 6.37. The van der Waals surface area contributed by atoms with E-state index in [4.69, 9.17) is 14.2 Å². The average Bonchev–Trinajstić information content (AvgIpc) is 2.49. The van der Waals surface area contributed by atoms with Gasteiger partial charge in [0.2, 0.25) is 0 Å². The molecule has 0 saturated heterocycles. The minimum Gasteiger partial charge on any atom is -0.497 e. The summed E-state index contributed by atoms with van der Waals surface area (Å²) >= 11 is 0. The molecule has 112 valence electrons. The van der Waals surface area contributed by atoms with Gasteiger partial charge in [0.25, 0.3) is 5.91 Å². The van der Waals surface area contributed by atoms with Crippen LogP contribution >= 0.6 is 0 Å². The van der Waals surface area contributed by atoms with E-state index in [9.17, 15) is 9.90 Å². The Morgan fingerprint density at radius 2 is 2.15 bits per heavy atom. The SMILES string of the molecule is COCCCNC(=O)COc1cc(OC)ccc1CO. The topological polar surface area (TPSA) is 77.0 Å². The minimum atomic E-state index is -0.215. The zero-order valence-corrected chi connectivity index (χ0v) is 11.8. The summed E-state index contributed by atoms with van der Waals surface area (Å²) < 4.78 is 15.4. The Labute approximate surface area is 118 Å². The summed E-state index contributed by atoms with van der Waals surface area (Å²) in [4.78, 5) is 11.6. The lowest BCUT2D eigenvalue weighted by Gasteiger charge is -2.11. The van der Waals surface area contributed by atoms with Gasteiger partial charge in [-0.05, 0) is 18.6 Å². The van der Waals surface area contributed by atoms with Crippen LogP contribution in [-0.2, 0) is 16.1 Å². The van der Waals surface area contributed by atoms with E-state index in [1.54, 1.807) is 32.4 Å². The summed E-state index contributed by atoms with van der Waals surface area (Å²) in [5.74, 6) is 0.837. The number of carbonyl (C=O) groups excluding carboxylic acids is 1. The predicted octanol–water partition coefficient (Wildman–Crippen LogP) is 0.719. The number of ether oxygens (including phenoxy) is 3. The van der Waals surface area contributed by atoms with E-state index < -0.39 is 0 Å². The van der Waals surface area contributed by atoms with Crippen molar-refractivity contribution in [3.8, 4) is 11.5 Å². The molecule has 0 unspecified atom stereocenters. The second kappa shape index (κ2) is 9.17. The van der Waals surface area contributed by atoms with Gasteiger partial charge in [-0.2, -0.15) is 0 Å². The summed E-state index contributed by atoms with van der Waals surface area (Å²) in [7, 11) is 3.16. The Balaban J connectivity index is 2.45. The normalized spacial score (nSPS) is 10.2. The van der Waals surface area contributed by atoms with Gasteiger partial charge in [-0.1, -0.05) is 0 Å². The van der Waals surface area contributed by atoms with Crippen LogP contribution in [-0.4, -0.2) is 45.0 Å². The number of hydrogen-bond donors (Lipinski definition) is 2. The van der Waals surface area contributed by atoms with Crippen LogP contribution in [0.4, 0.5) is 0 Å². The molecule has 0 heterocycles. The third kappa shape index (κ3) is 5.46. The standard InChI is InChI=1S/C14H21NO5/c1-18-7-3-6-15-14(17)10-20-13-8-12(19-2)5-4-11(13)9-16/h4-5,8,16H,3,6-7,9-10H2,1-2H3,(H,15,17). The molecule has 0 saturated carbocycles. The first kappa shape index (κ1) is 16.3. The third-order valence-corrected chi connectivity index (χ3v) is 2.65. The largest absolute Gasteiger partial charge is 0.497 e. The Bertz CT molecular complexity index is 422. The molecule has 0 aromatic heterocycles. The van der Waals surface area contributed by atoms with Crippen LogP contribution in [0, 0.1) is 0 Å². The fraction of sp³-hybridized carbons (Fsp3) is 0.500. The van der Waals surface area contributed by atoms with E-state index in [2.05, 4.69) is 5.32 Å². The second-order valence-corrected chi connectivity index (χ2v) is 4.12. The molecule has 0 radical (unpaired) electrons. The van der Waals surface area contributed by atoms with Crippen LogP contribution in [0.15, 0.2) is 18.2 Å². The highest BCUT2D eigenvalue weighted by molar-refractivity contribution is 5.77. The highest BCUT2D eigenvalue weighted by atomic mass is 16.5. The molecule has 0 aliphatic heterocycles. The maximum atomic E-state index is 11.6. The van der Waals surface area contributed by atoms with E-state index in [-0.39, 0.29) is 19.1 Å². The molecule has 6 nitrogen and oxygen atoms in total. The summed E-state index contributed by atoms with van der Waals surface area (Å²) in [6.45, 7) is 0.884. The van der Waals surface area contributed by atoms with Gasteiger partial charge < -0.3 is 24.6 Å². The van der Waals surface area contributed by atoms with E-state index in [1.807, 2.05) is 0 Å². The Morgan fingerprint density at radius 3 is 2.80 bits per heavy atom. The molecular formula is C14H21NO5. The maximum absolute atomic E-state index is 11.6. The summed E-state index contributed by atoms with van der Waals surface area (Å²) in [6.07, 6.45) is 0.753. The molecule has 0 aliphatic rings. The van der Waals surface area contributed by atoms with Crippen LogP contribution < -0.4 is 14.8 Å². The van der Waals surface area contributed by atoms with Gasteiger partial charge in [-0.3, -0.25) is 4.79 Å².